The van der Waals surface area contributed by atoms with Gasteiger partial charge in [-0.05, 0) is 24.0 Å². The van der Waals surface area contributed by atoms with Gasteiger partial charge in [0.2, 0.25) is 0 Å². The van der Waals surface area contributed by atoms with Crippen molar-refractivity contribution >= 4 is 11.3 Å². The molecular formula is C14H17NS. The first kappa shape index (κ1) is 11.3. The molecule has 0 atom stereocenters. The van der Waals surface area contributed by atoms with E-state index in [0.29, 0.717) is 0 Å². The molecule has 0 bridgehead atoms. The first-order chi connectivity index (χ1) is 7.47. The Balaban J connectivity index is 2.44. The van der Waals surface area contributed by atoms with Crippen LogP contribution >= 0.6 is 11.3 Å². The van der Waals surface area contributed by atoms with Crippen molar-refractivity contribution in [1.29, 1.82) is 0 Å². The SMILES string of the molecule is Cc1nc(-c2cccc(C(C)(C)C)c2)cs1. The summed E-state index contributed by atoms with van der Waals surface area (Å²) in [6.07, 6.45) is 0. The maximum absolute atomic E-state index is 4.52. The van der Waals surface area contributed by atoms with Crippen LogP contribution in [0.1, 0.15) is 31.3 Å². The fraction of sp³-hybridized carbons (Fsp3) is 0.357. The van der Waals surface area contributed by atoms with Crippen molar-refractivity contribution in [2.45, 2.75) is 33.1 Å². The number of benzene rings is 1. The number of hydrogen-bond donors (Lipinski definition) is 0. The summed E-state index contributed by atoms with van der Waals surface area (Å²) in [7, 11) is 0. The molecule has 0 aliphatic heterocycles. The van der Waals surface area contributed by atoms with E-state index in [0.717, 1.165) is 10.7 Å². The topological polar surface area (TPSA) is 12.9 Å². The molecule has 16 heavy (non-hydrogen) atoms. The molecule has 1 heterocycles. The molecule has 1 nitrogen and oxygen atoms in total. The third-order valence-electron chi connectivity index (χ3n) is 2.64. The molecule has 84 valence electrons. The third kappa shape index (κ3) is 2.33. The summed E-state index contributed by atoms with van der Waals surface area (Å²) in [5.74, 6) is 0. The molecule has 1 aromatic carbocycles. The van der Waals surface area contributed by atoms with Gasteiger partial charge in [-0.3, -0.25) is 0 Å². The van der Waals surface area contributed by atoms with Crippen molar-refractivity contribution in [2.75, 3.05) is 0 Å². The quantitative estimate of drug-likeness (QED) is 0.708. The number of aryl methyl sites for hydroxylation is 1. The molecule has 0 aliphatic carbocycles. The molecule has 0 fully saturated rings. The van der Waals surface area contributed by atoms with Gasteiger partial charge in [0.1, 0.15) is 0 Å². The standard InChI is InChI=1S/C14H17NS/c1-10-15-13(9-16-10)11-6-5-7-12(8-11)14(2,3)4/h5-9H,1-4H3. The van der Waals surface area contributed by atoms with Crippen molar-refractivity contribution in [3.05, 3.63) is 40.2 Å². The molecule has 0 saturated carbocycles. The highest BCUT2D eigenvalue weighted by molar-refractivity contribution is 7.09. The van der Waals surface area contributed by atoms with E-state index < -0.39 is 0 Å². The van der Waals surface area contributed by atoms with E-state index in [1.807, 2.05) is 6.92 Å². The van der Waals surface area contributed by atoms with Gasteiger partial charge >= 0.3 is 0 Å². The lowest BCUT2D eigenvalue weighted by Gasteiger charge is -2.19. The molecule has 0 unspecified atom stereocenters. The van der Waals surface area contributed by atoms with Gasteiger partial charge in [0, 0.05) is 10.9 Å². The third-order valence-corrected chi connectivity index (χ3v) is 3.42. The zero-order valence-corrected chi connectivity index (χ0v) is 11.1. The van der Waals surface area contributed by atoms with Crippen LogP contribution in [0.4, 0.5) is 0 Å². The van der Waals surface area contributed by atoms with Crippen molar-refractivity contribution in [2.24, 2.45) is 0 Å². The average molecular weight is 231 g/mol. The summed E-state index contributed by atoms with van der Waals surface area (Å²) < 4.78 is 0. The second-order valence-electron chi connectivity index (χ2n) is 5.08. The summed E-state index contributed by atoms with van der Waals surface area (Å²) in [6, 6.07) is 8.67. The van der Waals surface area contributed by atoms with Gasteiger partial charge in [-0.25, -0.2) is 4.98 Å². The van der Waals surface area contributed by atoms with Crippen molar-refractivity contribution in [3.8, 4) is 11.3 Å². The lowest BCUT2D eigenvalue weighted by Crippen LogP contribution is -2.10. The minimum Gasteiger partial charge on any atom is -0.242 e. The Kier molecular flexibility index (Phi) is 2.85. The van der Waals surface area contributed by atoms with Gasteiger partial charge in [0.05, 0.1) is 10.7 Å². The second kappa shape index (κ2) is 4.02. The Morgan fingerprint density at radius 1 is 1.19 bits per heavy atom. The van der Waals surface area contributed by atoms with E-state index in [1.54, 1.807) is 11.3 Å². The summed E-state index contributed by atoms with van der Waals surface area (Å²) in [5.41, 5.74) is 3.86. The Morgan fingerprint density at radius 2 is 1.94 bits per heavy atom. The smallest absolute Gasteiger partial charge is 0.0901 e. The Bertz CT molecular complexity index is 491. The van der Waals surface area contributed by atoms with E-state index >= 15 is 0 Å². The van der Waals surface area contributed by atoms with Gasteiger partial charge < -0.3 is 0 Å². The Morgan fingerprint density at radius 3 is 2.50 bits per heavy atom. The minimum absolute atomic E-state index is 0.196. The van der Waals surface area contributed by atoms with Gasteiger partial charge in [0.15, 0.2) is 0 Å². The van der Waals surface area contributed by atoms with Crippen LogP contribution in [0.3, 0.4) is 0 Å². The van der Waals surface area contributed by atoms with Crippen LogP contribution in [-0.2, 0) is 5.41 Å². The summed E-state index contributed by atoms with van der Waals surface area (Å²) in [6.45, 7) is 8.75. The number of rotatable bonds is 1. The van der Waals surface area contributed by atoms with Crippen LogP contribution in [0.5, 0.6) is 0 Å². The Labute approximate surface area is 101 Å². The van der Waals surface area contributed by atoms with Crippen LogP contribution in [0.25, 0.3) is 11.3 Å². The molecule has 0 N–H and O–H groups in total. The molecule has 0 radical (unpaired) electrons. The Hall–Kier alpha value is -1.15. The molecule has 2 heteroatoms. The van der Waals surface area contributed by atoms with E-state index in [1.165, 1.54) is 11.1 Å². The fourth-order valence-corrected chi connectivity index (χ4v) is 2.26. The van der Waals surface area contributed by atoms with Crippen LogP contribution in [0.2, 0.25) is 0 Å². The largest absolute Gasteiger partial charge is 0.242 e. The van der Waals surface area contributed by atoms with E-state index in [2.05, 4.69) is 55.4 Å². The van der Waals surface area contributed by atoms with Gasteiger partial charge in [0.25, 0.3) is 0 Å². The molecule has 0 spiro atoms. The monoisotopic (exact) mass is 231 g/mol. The maximum Gasteiger partial charge on any atom is 0.0901 e. The number of aromatic nitrogens is 1. The summed E-state index contributed by atoms with van der Waals surface area (Å²) >= 11 is 1.70. The van der Waals surface area contributed by atoms with Crippen LogP contribution in [0, 0.1) is 6.92 Å². The van der Waals surface area contributed by atoms with Gasteiger partial charge in [-0.1, -0.05) is 39.0 Å². The lowest BCUT2D eigenvalue weighted by molar-refractivity contribution is 0.590. The molecule has 2 aromatic rings. The maximum atomic E-state index is 4.52. The van der Waals surface area contributed by atoms with Crippen molar-refractivity contribution in [1.82, 2.24) is 4.98 Å². The second-order valence-corrected chi connectivity index (χ2v) is 6.14. The highest BCUT2D eigenvalue weighted by Crippen LogP contribution is 2.28. The summed E-state index contributed by atoms with van der Waals surface area (Å²) in [4.78, 5) is 4.52. The van der Waals surface area contributed by atoms with E-state index in [9.17, 15) is 0 Å². The van der Waals surface area contributed by atoms with Crippen molar-refractivity contribution < 1.29 is 0 Å². The van der Waals surface area contributed by atoms with Gasteiger partial charge in [-0.2, -0.15) is 0 Å². The zero-order chi connectivity index (χ0) is 11.8. The highest BCUT2D eigenvalue weighted by Gasteiger charge is 2.14. The molecule has 1 aromatic heterocycles. The first-order valence-corrected chi connectivity index (χ1v) is 6.38. The zero-order valence-electron chi connectivity index (χ0n) is 10.2. The molecular weight excluding hydrogens is 214 g/mol. The van der Waals surface area contributed by atoms with E-state index in [-0.39, 0.29) is 5.41 Å². The highest BCUT2D eigenvalue weighted by atomic mass is 32.1. The number of nitrogens with zero attached hydrogens (tertiary/aromatic N) is 1. The normalized spacial score (nSPS) is 11.8. The average Bonchev–Trinajstić information content (AvgIpc) is 2.64. The number of hydrogen-bond acceptors (Lipinski definition) is 2. The predicted molar refractivity (Wildman–Crippen MR) is 71.0 cm³/mol. The first-order valence-electron chi connectivity index (χ1n) is 5.50. The fourth-order valence-electron chi connectivity index (χ4n) is 1.64. The minimum atomic E-state index is 0.196. The molecule has 0 saturated heterocycles. The molecule has 0 amide bonds. The molecule has 0 aliphatic rings. The predicted octanol–water partition coefficient (Wildman–Crippen LogP) is 4.42. The molecule has 2 rings (SSSR count). The van der Waals surface area contributed by atoms with Crippen molar-refractivity contribution in [3.63, 3.8) is 0 Å². The van der Waals surface area contributed by atoms with Crippen LogP contribution in [0.15, 0.2) is 29.6 Å². The number of thiazole rings is 1. The van der Waals surface area contributed by atoms with Gasteiger partial charge in [-0.15, -0.1) is 11.3 Å². The van der Waals surface area contributed by atoms with Crippen LogP contribution in [-0.4, -0.2) is 4.98 Å². The lowest BCUT2D eigenvalue weighted by atomic mass is 9.86. The van der Waals surface area contributed by atoms with E-state index in [4.69, 9.17) is 0 Å². The summed E-state index contributed by atoms with van der Waals surface area (Å²) in [5, 5.41) is 3.24. The van der Waals surface area contributed by atoms with Crippen LogP contribution < -0.4 is 0 Å².